The molecular formula is C37H52O12S2. The van der Waals surface area contributed by atoms with E-state index in [1.165, 1.54) is 12.1 Å². The van der Waals surface area contributed by atoms with E-state index < -0.39 is 86.6 Å². The molecule has 10 atom stereocenters. The minimum atomic E-state index is -3.57. The van der Waals surface area contributed by atoms with Crippen LogP contribution in [-0.2, 0) is 38.6 Å². The van der Waals surface area contributed by atoms with E-state index in [0.29, 0.717) is 25.9 Å². The Bertz CT molecular complexity index is 1620. The molecule has 0 aliphatic carbocycles. The van der Waals surface area contributed by atoms with Gasteiger partial charge in [0, 0.05) is 24.7 Å². The van der Waals surface area contributed by atoms with Crippen LogP contribution in [0.4, 0.5) is 0 Å². The van der Waals surface area contributed by atoms with Gasteiger partial charge in [-0.15, -0.1) is 13.2 Å². The Kier molecular flexibility index (Phi) is 14.6. The van der Waals surface area contributed by atoms with Crippen LogP contribution in [0.3, 0.4) is 0 Å². The Labute approximate surface area is 301 Å². The van der Waals surface area contributed by atoms with Crippen molar-refractivity contribution in [1.82, 2.24) is 0 Å². The standard InChI is InChI=1S/C20H28O6S.C17H24O6S/c1-4-8-17-16(13-27(22,23)15-9-6-5-7-10-15)19(21)18(25-17)11-14-12-24-20(2,3)26-14;1-2-6-15-14(17(20)16(23-15)9-12(19)10-18)11-24(21,22)13-7-4-3-5-8-13/h4-7,9-10,14,16-19,21H,1,8,11-13H2,2-3H3;2-5,7-8,12,14-20H,1,6,9-11H2/t14?,16?,17-,18+,19+;12-,14?,15-,16+,17+/m00/s1. The SMILES string of the molecule is C=CC[C@@H]1O[C@H](CC2COC(C)(C)O2)[C@H](O)C1CS(=O)(=O)c1ccccc1.C=CC[C@@H]1O[C@H](C[C@H](O)CO)[C@H](O)C1CS(=O)(=O)c1ccccc1. The van der Waals surface area contributed by atoms with Gasteiger partial charge in [-0.2, -0.15) is 0 Å². The maximum Gasteiger partial charge on any atom is 0.178 e. The second kappa shape index (κ2) is 18.0. The molecule has 0 spiro atoms. The molecule has 0 saturated carbocycles. The summed E-state index contributed by atoms with van der Waals surface area (Å²) in [5.41, 5.74) is 0. The van der Waals surface area contributed by atoms with Crippen molar-refractivity contribution in [2.75, 3.05) is 24.7 Å². The van der Waals surface area contributed by atoms with Gasteiger partial charge >= 0.3 is 0 Å². The summed E-state index contributed by atoms with van der Waals surface area (Å²) in [5, 5.41) is 39.8. The van der Waals surface area contributed by atoms with E-state index in [-0.39, 0.29) is 33.8 Å². The summed E-state index contributed by atoms with van der Waals surface area (Å²) in [4.78, 5) is 0.459. The molecule has 12 nitrogen and oxygen atoms in total. The lowest BCUT2D eigenvalue weighted by atomic mass is 9.94. The molecule has 2 aromatic carbocycles. The van der Waals surface area contributed by atoms with Crippen LogP contribution in [0.15, 0.2) is 95.8 Å². The third kappa shape index (κ3) is 11.0. The number of ether oxygens (including phenoxy) is 4. The number of hydrogen-bond acceptors (Lipinski definition) is 12. The van der Waals surface area contributed by atoms with Gasteiger partial charge in [0.25, 0.3) is 0 Å². The molecule has 2 aromatic rings. The van der Waals surface area contributed by atoms with Gasteiger partial charge in [-0.05, 0) is 51.0 Å². The molecule has 0 radical (unpaired) electrons. The molecule has 4 N–H and O–H groups in total. The number of aliphatic hydroxyl groups is 4. The van der Waals surface area contributed by atoms with Crippen molar-refractivity contribution in [2.45, 2.75) is 104 Å². The maximum absolute atomic E-state index is 12.8. The first-order valence-electron chi connectivity index (χ1n) is 17.2. The van der Waals surface area contributed by atoms with Crippen molar-refractivity contribution in [2.24, 2.45) is 11.8 Å². The van der Waals surface area contributed by atoms with Gasteiger partial charge in [0.05, 0.1) is 83.3 Å². The third-order valence-corrected chi connectivity index (χ3v) is 13.0. The monoisotopic (exact) mass is 752 g/mol. The van der Waals surface area contributed by atoms with Crippen molar-refractivity contribution < 1.29 is 56.2 Å². The van der Waals surface area contributed by atoms with Crippen LogP contribution in [0, 0.1) is 11.8 Å². The van der Waals surface area contributed by atoms with Crippen LogP contribution in [-0.4, -0.2) is 117 Å². The Hall–Kier alpha value is -2.50. The second-order valence-electron chi connectivity index (χ2n) is 13.7. The molecule has 3 saturated heterocycles. The second-order valence-corrected chi connectivity index (χ2v) is 17.8. The zero-order valence-corrected chi connectivity index (χ0v) is 30.8. The van der Waals surface area contributed by atoms with Crippen LogP contribution in [0.2, 0.25) is 0 Å². The molecule has 3 fully saturated rings. The predicted octanol–water partition coefficient (Wildman–Crippen LogP) is 2.85. The quantitative estimate of drug-likeness (QED) is 0.195. The Morgan fingerprint density at radius 1 is 0.784 bits per heavy atom. The number of benzene rings is 2. The van der Waals surface area contributed by atoms with E-state index in [9.17, 15) is 32.2 Å². The molecule has 3 unspecified atom stereocenters. The lowest BCUT2D eigenvalue weighted by Crippen LogP contribution is -2.35. The Balaban J connectivity index is 0.000000230. The van der Waals surface area contributed by atoms with Crippen LogP contribution < -0.4 is 0 Å². The lowest BCUT2D eigenvalue weighted by Gasteiger charge is -2.21. The van der Waals surface area contributed by atoms with E-state index in [1.54, 1.807) is 60.7 Å². The van der Waals surface area contributed by atoms with Crippen molar-refractivity contribution in [3.8, 4) is 0 Å². The van der Waals surface area contributed by atoms with E-state index >= 15 is 0 Å². The van der Waals surface area contributed by atoms with Crippen LogP contribution >= 0.6 is 0 Å². The average molecular weight is 753 g/mol. The third-order valence-electron chi connectivity index (χ3n) is 9.40. The van der Waals surface area contributed by atoms with Crippen LogP contribution in [0.25, 0.3) is 0 Å². The van der Waals surface area contributed by atoms with Gasteiger partial charge in [-0.25, -0.2) is 16.8 Å². The highest BCUT2D eigenvalue weighted by Gasteiger charge is 2.48. The normalized spacial score (nSPS) is 31.1. The molecule has 3 heterocycles. The number of rotatable bonds is 15. The molecule has 0 aromatic heterocycles. The van der Waals surface area contributed by atoms with Crippen molar-refractivity contribution in [3.05, 3.63) is 86.0 Å². The smallest absolute Gasteiger partial charge is 0.178 e. The molecule has 51 heavy (non-hydrogen) atoms. The minimum absolute atomic E-state index is 0.0488. The highest BCUT2D eigenvalue weighted by atomic mass is 32.2. The summed E-state index contributed by atoms with van der Waals surface area (Å²) in [5.74, 6) is -2.20. The summed E-state index contributed by atoms with van der Waals surface area (Å²) in [7, 11) is -7.10. The lowest BCUT2D eigenvalue weighted by molar-refractivity contribution is -0.143. The first kappa shape index (κ1) is 41.3. The number of sulfone groups is 2. The Morgan fingerprint density at radius 3 is 1.65 bits per heavy atom. The van der Waals surface area contributed by atoms with E-state index in [2.05, 4.69) is 13.2 Å². The zero-order chi connectivity index (χ0) is 37.4. The van der Waals surface area contributed by atoms with E-state index in [4.69, 9.17) is 24.1 Å². The average Bonchev–Trinajstić information content (AvgIpc) is 3.69. The molecule has 0 amide bonds. The van der Waals surface area contributed by atoms with E-state index in [0.717, 1.165) is 0 Å². The van der Waals surface area contributed by atoms with Gasteiger partial charge < -0.3 is 39.4 Å². The summed E-state index contributed by atoms with van der Waals surface area (Å²) in [6, 6.07) is 16.4. The fourth-order valence-electron chi connectivity index (χ4n) is 6.83. The van der Waals surface area contributed by atoms with E-state index in [1.807, 2.05) is 13.8 Å². The maximum atomic E-state index is 12.8. The summed E-state index contributed by atoms with van der Waals surface area (Å²) in [6.45, 7) is 11.0. The summed E-state index contributed by atoms with van der Waals surface area (Å²) in [6.07, 6.45) is -0.516. The first-order chi connectivity index (χ1) is 24.1. The molecule has 3 aliphatic heterocycles. The topological polar surface area (TPSA) is 186 Å². The highest BCUT2D eigenvalue weighted by molar-refractivity contribution is 7.91. The van der Waals surface area contributed by atoms with Crippen molar-refractivity contribution >= 4 is 19.7 Å². The van der Waals surface area contributed by atoms with Crippen molar-refractivity contribution in [3.63, 3.8) is 0 Å². The summed E-state index contributed by atoms with van der Waals surface area (Å²) < 4.78 is 73.9. The Morgan fingerprint density at radius 2 is 1.24 bits per heavy atom. The number of aliphatic hydroxyl groups excluding tert-OH is 4. The number of hydrogen-bond donors (Lipinski definition) is 4. The minimum Gasteiger partial charge on any atom is -0.394 e. The van der Waals surface area contributed by atoms with Gasteiger partial charge in [0.15, 0.2) is 25.5 Å². The van der Waals surface area contributed by atoms with Crippen molar-refractivity contribution in [1.29, 1.82) is 0 Å². The zero-order valence-electron chi connectivity index (χ0n) is 29.1. The molecule has 14 heteroatoms. The fraction of sp³-hybridized carbons (Fsp3) is 0.568. The predicted molar refractivity (Wildman–Crippen MR) is 190 cm³/mol. The molecular weight excluding hydrogens is 701 g/mol. The first-order valence-corrected chi connectivity index (χ1v) is 20.5. The molecule has 0 bridgehead atoms. The molecule has 3 aliphatic rings. The van der Waals surface area contributed by atoms with Gasteiger partial charge in [-0.1, -0.05) is 48.6 Å². The molecule has 5 rings (SSSR count). The summed E-state index contributed by atoms with van der Waals surface area (Å²) >= 11 is 0. The van der Waals surface area contributed by atoms with Gasteiger partial charge in [0.1, 0.15) is 0 Å². The largest absolute Gasteiger partial charge is 0.394 e. The van der Waals surface area contributed by atoms with Crippen LogP contribution in [0.1, 0.15) is 39.5 Å². The fourth-order valence-corrected chi connectivity index (χ4v) is 10.2. The van der Waals surface area contributed by atoms with Crippen LogP contribution in [0.5, 0.6) is 0 Å². The molecule has 284 valence electrons. The highest BCUT2D eigenvalue weighted by Crippen LogP contribution is 2.37. The van der Waals surface area contributed by atoms with Gasteiger partial charge in [0.2, 0.25) is 0 Å². The van der Waals surface area contributed by atoms with Gasteiger partial charge in [-0.3, -0.25) is 0 Å².